The fraction of sp³-hybridized carbons (Fsp3) is 0.500. The lowest BCUT2D eigenvalue weighted by Gasteiger charge is -2.25. The largest absolute Gasteiger partial charge is 0.342 e. The van der Waals surface area contributed by atoms with E-state index >= 15 is 0 Å². The van der Waals surface area contributed by atoms with E-state index in [-0.39, 0.29) is 11.8 Å². The molecule has 2 aromatic rings. The quantitative estimate of drug-likeness (QED) is 0.700. The zero-order chi connectivity index (χ0) is 19.3. The number of likely N-dealkylation sites (N-methyl/N-ethyl adjacent to an activating group) is 1. The summed E-state index contributed by atoms with van der Waals surface area (Å²) in [6, 6.07) is 8.52. The first-order valence-electron chi connectivity index (χ1n) is 8.67. The zero-order valence-electron chi connectivity index (χ0n) is 15.5. The number of benzene rings is 1. The molecule has 8 heteroatoms. The van der Waals surface area contributed by atoms with Crippen LogP contribution in [0.5, 0.6) is 0 Å². The van der Waals surface area contributed by atoms with Gasteiger partial charge in [-0.1, -0.05) is 49.3 Å². The number of nitrogens with zero attached hydrogens (tertiary/aromatic N) is 3. The molecule has 1 atom stereocenters. The summed E-state index contributed by atoms with van der Waals surface area (Å²) in [5.74, 6) is -0.440. The highest BCUT2D eigenvalue weighted by Crippen LogP contribution is 2.28. The van der Waals surface area contributed by atoms with Crippen LogP contribution in [0.2, 0.25) is 0 Å². The Labute approximate surface area is 154 Å². The summed E-state index contributed by atoms with van der Waals surface area (Å²) in [5, 5.41) is 2.50. The van der Waals surface area contributed by atoms with Crippen LogP contribution in [0.1, 0.15) is 56.1 Å². The average molecular weight is 379 g/mol. The standard InChI is InChI=1S/C18H25N3O4S/c1-5-21(6-2)18(22)16(14-10-8-7-9-11-14)26(23,24)12-15-19-17(13(3)4)20-25-15/h7-11,13,16H,5-6,12H2,1-4H3/t16-/m1/s1. The van der Waals surface area contributed by atoms with Crippen LogP contribution in [0, 0.1) is 0 Å². The molecule has 0 aliphatic heterocycles. The van der Waals surface area contributed by atoms with E-state index in [1.807, 2.05) is 27.7 Å². The number of amides is 1. The summed E-state index contributed by atoms with van der Waals surface area (Å²) < 4.78 is 31.2. The minimum absolute atomic E-state index is 0.00183. The zero-order valence-corrected chi connectivity index (χ0v) is 16.4. The summed E-state index contributed by atoms with van der Waals surface area (Å²) >= 11 is 0. The summed E-state index contributed by atoms with van der Waals surface area (Å²) in [5.41, 5.74) is 0.438. The van der Waals surface area contributed by atoms with Crippen molar-refractivity contribution >= 4 is 15.7 Å². The van der Waals surface area contributed by atoms with Crippen molar-refractivity contribution in [2.45, 2.75) is 44.6 Å². The second-order valence-electron chi connectivity index (χ2n) is 6.31. The molecule has 2 rings (SSSR count). The summed E-state index contributed by atoms with van der Waals surface area (Å²) in [6.07, 6.45) is 0. The van der Waals surface area contributed by atoms with E-state index in [9.17, 15) is 13.2 Å². The fourth-order valence-electron chi connectivity index (χ4n) is 2.65. The lowest BCUT2D eigenvalue weighted by atomic mass is 10.1. The average Bonchev–Trinajstić information content (AvgIpc) is 3.05. The van der Waals surface area contributed by atoms with Crippen molar-refractivity contribution in [3.05, 3.63) is 47.6 Å². The van der Waals surface area contributed by atoms with Crippen molar-refractivity contribution < 1.29 is 17.7 Å². The van der Waals surface area contributed by atoms with E-state index in [4.69, 9.17) is 4.52 Å². The van der Waals surface area contributed by atoms with Crippen LogP contribution in [-0.4, -0.2) is 42.5 Å². The summed E-state index contributed by atoms with van der Waals surface area (Å²) in [6.45, 7) is 8.30. The van der Waals surface area contributed by atoms with Gasteiger partial charge in [-0.3, -0.25) is 4.79 Å². The SMILES string of the molecule is CCN(CC)C(=O)[C@@H](c1ccccc1)S(=O)(=O)Cc1nc(C(C)C)no1. The Morgan fingerprint density at radius 2 is 1.77 bits per heavy atom. The molecule has 0 saturated carbocycles. The smallest absolute Gasteiger partial charge is 0.245 e. The third-order valence-corrected chi connectivity index (χ3v) is 5.93. The van der Waals surface area contributed by atoms with Gasteiger partial charge < -0.3 is 9.42 Å². The number of hydrogen-bond donors (Lipinski definition) is 0. The fourth-order valence-corrected chi connectivity index (χ4v) is 4.31. The van der Waals surface area contributed by atoms with Gasteiger partial charge in [-0.25, -0.2) is 8.42 Å². The highest BCUT2D eigenvalue weighted by Gasteiger charge is 2.37. The maximum atomic E-state index is 13.1. The normalized spacial score (nSPS) is 13.0. The first kappa shape index (κ1) is 20.1. The first-order valence-corrected chi connectivity index (χ1v) is 10.4. The molecule has 1 heterocycles. The third kappa shape index (κ3) is 4.49. The van der Waals surface area contributed by atoms with Crippen LogP contribution in [0.3, 0.4) is 0 Å². The summed E-state index contributed by atoms with van der Waals surface area (Å²) in [7, 11) is -3.89. The Bertz CT molecular complexity index is 827. The molecule has 0 fully saturated rings. The Hall–Kier alpha value is -2.22. The van der Waals surface area contributed by atoms with Crippen LogP contribution >= 0.6 is 0 Å². The number of carbonyl (C=O) groups is 1. The van der Waals surface area contributed by atoms with Crippen molar-refractivity contribution in [2.75, 3.05) is 13.1 Å². The second-order valence-corrected chi connectivity index (χ2v) is 8.40. The molecule has 7 nitrogen and oxygen atoms in total. The van der Waals surface area contributed by atoms with Gasteiger partial charge in [0.1, 0.15) is 5.75 Å². The molecule has 1 aromatic carbocycles. The predicted octanol–water partition coefficient (Wildman–Crippen LogP) is 2.72. The minimum atomic E-state index is -3.89. The van der Waals surface area contributed by atoms with Gasteiger partial charge in [0.25, 0.3) is 0 Å². The van der Waals surface area contributed by atoms with E-state index < -0.39 is 26.7 Å². The van der Waals surface area contributed by atoms with Gasteiger partial charge in [0, 0.05) is 19.0 Å². The molecular weight excluding hydrogens is 354 g/mol. The van der Waals surface area contributed by atoms with E-state index in [0.29, 0.717) is 24.5 Å². The number of sulfone groups is 1. The molecule has 0 saturated heterocycles. The van der Waals surface area contributed by atoms with E-state index in [2.05, 4.69) is 10.1 Å². The monoisotopic (exact) mass is 379 g/mol. The molecule has 1 aromatic heterocycles. The minimum Gasteiger partial charge on any atom is -0.342 e. The molecular formula is C18H25N3O4S. The van der Waals surface area contributed by atoms with Crippen molar-refractivity contribution in [3.63, 3.8) is 0 Å². The highest BCUT2D eigenvalue weighted by molar-refractivity contribution is 7.91. The third-order valence-electron chi connectivity index (χ3n) is 4.09. The van der Waals surface area contributed by atoms with Gasteiger partial charge in [0.15, 0.2) is 20.9 Å². The van der Waals surface area contributed by atoms with Gasteiger partial charge in [-0.2, -0.15) is 4.98 Å². The number of carbonyl (C=O) groups excluding carboxylic acids is 1. The van der Waals surface area contributed by atoms with Crippen LogP contribution in [-0.2, 0) is 20.4 Å². The number of hydrogen-bond acceptors (Lipinski definition) is 6. The second kappa shape index (κ2) is 8.44. The maximum absolute atomic E-state index is 13.1. The Kier molecular flexibility index (Phi) is 6.52. The maximum Gasteiger partial charge on any atom is 0.245 e. The lowest BCUT2D eigenvalue weighted by molar-refractivity contribution is -0.130. The molecule has 0 unspecified atom stereocenters. The van der Waals surface area contributed by atoms with Gasteiger partial charge in [0.05, 0.1) is 0 Å². The van der Waals surface area contributed by atoms with E-state index in [1.54, 1.807) is 30.3 Å². The van der Waals surface area contributed by atoms with Crippen molar-refractivity contribution in [3.8, 4) is 0 Å². The van der Waals surface area contributed by atoms with Crippen molar-refractivity contribution in [1.29, 1.82) is 0 Å². The van der Waals surface area contributed by atoms with Gasteiger partial charge in [-0.15, -0.1) is 0 Å². The molecule has 142 valence electrons. The number of rotatable bonds is 8. The first-order chi connectivity index (χ1) is 12.3. The van der Waals surface area contributed by atoms with Crippen LogP contribution in [0.15, 0.2) is 34.9 Å². The topological polar surface area (TPSA) is 93.4 Å². The predicted molar refractivity (Wildman–Crippen MR) is 98.1 cm³/mol. The molecule has 0 spiro atoms. The van der Waals surface area contributed by atoms with Gasteiger partial charge in [0.2, 0.25) is 11.8 Å². The van der Waals surface area contributed by atoms with Crippen LogP contribution < -0.4 is 0 Å². The molecule has 0 radical (unpaired) electrons. The van der Waals surface area contributed by atoms with Crippen molar-refractivity contribution in [2.24, 2.45) is 0 Å². The Morgan fingerprint density at radius 1 is 1.15 bits per heavy atom. The van der Waals surface area contributed by atoms with Gasteiger partial charge >= 0.3 is 0 Å². The number of aromatic nitrogens is 2. The van der Waals surface area contributed by atoms with Gasteiger partial charge in [-0.05, 0) is 19.4 Å². The molecule has 0 aliphatic rings. The van der Waals surface area contributed by atoms with Crippen molar-refractivity contribution in [1.82, 2.24) is 15.0 Å². The molecule has 0 N–H and O–H groups in total. The molecule has 1 amide bonds. The highest BCUT2D eigenvalue weighted by atomic mass is 32.2. The Balaban J connectivity index is 2.40. The van der Waals surface area contributed by atoms with Crippen LogP contribution in [0.25, 0.3) is 0 Å². The molecule has 26 heavy (non-hydrogen) atoms. The van der Waals surface area contributed by atoms with E-state index in [0.717, 1.165) is 0 Å². The summed E-state index contributed by atoms with van der Waals surface area (Å²) in [4.78, 5) is 18.6. The lowest BCUT2D eigenvalue weighted by Crippen LogP contribution is -2.38. The molecule has 0 bridgehead atoms. The van der Waals surface area contributed by atoms with Crippen LogP contribution in [0.4, 0.5) is 0 Å². The Morgan fingerprint density at radius 3 is 2.27 bits per heavy atom. The van der Waals surface area contributed by atoms with E-state index in [1.165, 1.54) is 4.90 Å². The molecule has 0 aliphatic carbocycles.